The van der Waals surface area contributed by atoms with Crippen LogP contribution in [0.2, 0.25) is 0 Å². The molecule has 11 rings (SSSR count). The van der Waals surface area contributed by atoms with Crippen molar-refractivity contribution >= 4 is 68.2 Å². The maximum Gasteiger partial charge on any atom is 0.197 e. The molecule has 0 bridgehead atoms. The molecule has 0 saturated heterocycles. The molecule has 8 aromatic rings. The zero-order chi connectivity index (χ0) is 39.6. The molecule has 281 valence electrons. The van der Waals surface area contributed by atoms with Crippen molar-refractivity contribution in [1.29, 1.82) is 0 Å². The fraction of sp³-hybridized carbons (Fsp3) is 0.200. The molecule has 0 unspecified atom stereocenters. The van der Waals surface area contributed by atoms with Crippen LogP contribution in [0.5, 0.6) is 0 Å². The van der Waals surface area contributed by atoms with Gasteiger partial charge in [-0.25, -0.2) is 0 Å². The van der Waals surface area contributed by atoms with E-state index < -0.39 is 0 Å². The summed E-state index contributed by atoms with van der Waals surface area (Å²) in [6.45, 7) is 14.5. The van der Waals surface area contributed by atoms with Crippen molar-refractivity contribution < 1.29 is 0 Å². The van der Waals surface area contributed by atoms with Gasteiger partial charge in [0, 0.05) is 33.7 Å². The van der Waals surface area contributed by atoms with E-state index in [-0.39, 0.29) is 16.2 Å². The third-order valence-electron chi connectivity index (χ3n) is 13.9. The van der Waals surface area contributed by atoms with Gasteiger partial charge in [-0.3, -0.25) is 0 Å². The molecule has 2 heterocycles. The highest BCUT2D eigenvalue weighted by Crippen LogP contribution is 2.55. The lowest BCUT2D eigenvalue weighted by Gasteiger charge is -2.46. The van der Waals surface area contributed by atoms with Crippen molar-refractivity contribution in [2.24, 2.45) is 0 Å². The summed E-state index contributed by atoms with van der Waals surface area (Å²) in [5.74, 6) is 0. The van der Waals surface area contributed by atoms with Gasteiger partial charge >= 0.3 is 0 Å². The Hall–Kier alpha value is -6.06. The summed E-state index contributed by atoms with van der Waals surface area (Å²) in [5.41, 5.74) is 19.1. The van der Waals surface area contributed by atoms with Gasteiger partial charge in [0.1, 0.15) is 0 Å². The summed E-state index contributed by atoms with van der Waals surface area (Å²) in [5, 5.41) is 9.08. The second kappa shape index (κ2) is 12.5. The van der Waals surface area contributed by atoms with Crippen LogP contribution in [0.1, 0.15) is 76.6 Å². The predicted molar refractivity (Wildman–Crippen MR) is 249 cm³/mol. The van der Waals surface area contributed by atoms with Crippen molar-refractivity contribution in [1.82, 2.24) is 0 Å². The zero-order valence-corrected chi connectivity index (χ0v) is 34.4. The second-order valence-corrected chi connectivity index (χ2v) is 18.7. The summed E-state index contributed by atoms with van der Waals surface area (Å²) < 4.78 is 0. The number of fused-ring (bicyclic) bond motifs is 7. The third kappa shape index (κ3) is 5.25. The first-order valence-electron chi connectivity index (χ1n) is 21.0. The molecule has 0 aromatic heterocycles. The molecule has 0 saturated carbocycles. The molecule has 2 nitrogen and oxygen atoms in total. The summed E-state index contributed by atoms with van der Waals surface area (Å²) >= 11 is 0. The van der Waals surface area contributed by atoms with Crippen LogP contribution in [0.25, 0.3) is 43.8 Å². The average molecular weight is 748 g/mol. The minimum atomic E-state index is -0.170. The van der Waals surface area contributed by atoms with E-state index in [4.69, 9.17) is 0 Å². The van der Waals surface area contributed by atoms with Crippen molar-refractivity contribution in [2.45, 2.75) is 70.6 Å². The molecule has 2 aliphatic heterocycles. The van der Waals surface area contributed by atoms with Crippen LogP contribution in [-0.2, 0) is 16.2 Å². The summed E-state index contributed by atoms with van der Waals surface area (Å²) in [6, 6.07) is 56.8. The van der Waals surface area contributed by atoms with Crippen LogP contribution in [0.3, 0.4) is 0 Å². The van der Waals surface area contributed by atoms with E-state index in [1.807, 2.05) is 0 Å². The van der Waals surface area contributed by atoms with Crippen LogP contribution in [-0.4, -0.2) is 7.28 Å². The highest BCUT2D eigenvalue weighted by molar-refractivity contribution is 6.74. The van der Waals surface area contributed by atoms with Gasteiger partial charge in [0.25, 0.3) is 0 Å². The van der Waals surface area contributed by atoms with Gasteiger partial charge in [0.15, 0.2) is 7.28 Å². The molecule has 3 heteroatoms. The summed E-state index contributed by atoms with van der Waals surface area (Å²) in [4.78, 5) is 2.60. The third-order valence-corrected chi connectivity index (χ3v) is 13.9. The largest absolute Gasteiger partial charge is 0.355 e. The van der Waals surface area contributed by atoms with Gasteiger partial charge in [-0.15, -0.1) is 0 Å². The Labute approximate surface area is 343 Å². The Bertz CT molecular complexity index is 2970. The minimum Gasteiger partial charge on any atom is -0.355 e. The monoisotopic (exact) mass is 747 g/mol. The Balaban J connectivity index is 1.19. The first-order chi connectivity index (χ1) is 28.0. The molecule has 0 amide bonds. The number of para-hydroxylation sites is 1. The second-order valence-electron chi connectivity index (χ2n) is 18.7. The first kappa shape index (κ1) is 35.1. The van der Waals surface area contributed by atoms with Crippen molar-refractivity contribution in [3.63, 3.8) is 0 Å². The van der Waals surface area contributed by atoms with Gasteiger partial charge in [0.2, 0.25) is 0 Å². The van der Waals surface area contributed by atoms with E-state index in [0.29, 0.717) is 0 Å². The molecular formula is C55H48BN2. The molecular weight excluding hydrogens is 699 g/mol. The van der Waals surface area contributed by atoms with Gasteiger partial charge in [0.05, 0.1) is 5.69 Å². The molecule has 3 aliphatic rings. The summed E-state index contributed by atoms with van der Waals surface area (Å²) in [6.07, 6.45) is 2.32. The van der Waals surface area contributed by atoms with Gasteiger partial charge in [-0.1, -0.05) is 156 Å². The summed E-state index contributed by atoms with van der Waals surface area (Å²) in [7, 11) is 2.49. The number of anilines is 5. The molecule has 0 fully saturated rings. The van der Waals surface area contributed by atoms with Crippen LogP contribution in [0.4, 0.5) is 28.4 Å². The van der Waals surface area contributed by atoms with Gasteiger partial charge < -0.3 is 10.2 Å². The van der Waals surface area contributed by atoms with Crippen LogP contribution < -0.4 is 21.1 Å². The molecule has 1 aliphatic carbocycles. The fourth-order valence-corrected chi connectivity index (χ4v) is 10.4. The molecule has 0 spiro atoms. The quantitative estimate of drug-likeness (QED) is 0.180. The number of hydrogen-bond acceptors (Lipinski definition) is 2. The van der Waals surface area contributed by atoms with Gasteiger partial charge in [-0.05, 0) is 132 Å². The normalized spacial score (nSPS) is 16.5. The first-order valence-corrected chi connectivity index (χ1v) is 21.0. The average Bonchev–Trinajstić information content (AvgIpc) is 3.23. The molecule has 0 atom stereocenters. The minimum absolute atomic E-state index is 0.0454. The van der Waals surface area contributed by atoms with E-state index in [0.717, 1.165) is 24.2 Å². The highest BCUT2D eigenvalue weighted by Gasteiger charge is 2.43. The van der Waals surface area contributed by atoms with E-state index in [2.05, 4.69) is 211 Å². The number of rotatable bonds is 4. The topological polar surface area (TPSA) is 15.3 Å². The van der Waals surface area contributed by atoms with Crippen LogP contribution in [0, 0.1) is 0 Å². The van der Waals surface area contributed by atoms with Crippen LogP contribution in [0.15, 0.2) is 152 Å². The number of nitrogens with zero attached hydrogens (tertiary/aromatic N) is 1. The van der Waals surface area contributed by atoms with Crippen molar-refractivity contribution in [3.05, 3.63) is 174 Å². The van der Waals surface area contributed by atoms with E-state index >= 15 is 0 Å². The Morgan fingerprint density at radius 2 is 1.14 bits per heavy atom. The Kier molecular flexibility index (Phi) is 7.55. The fourth-order valence-electron chi connectivity index (χ4n) is 10.4. The van der Waals surface area contributed by atoms with Crippen molar-refractivity contribution in [3.8, 4) is 22.3 Å². The predicted octanol–water partition coefficient (Wildman–Crippen LogP) is 13.5. The SMILES string of the molecule is CC1(C)CCC(C)(C)c2cc(-c3c4c(cc5ccccc35)N3c5cc6ccccc6cc5C(C)(C)c5cccc(c53)[B]4)c(Nc3ccc(-c4ccccc4)cc3)cc21. The number of hydrogen-bond donors (Lipinski definition) is 1. The maximum absolute atomic E-state index is 4.02. The molecule has 8 aromatic carbocycles. The van der Waals surface area contributed by atoms with Crippen LogP contribution >= 0.6 is 0 Å². The van der Waals surface area contributed by atoms with E-state index in [9.17, 15) is 0 Å². The molecule has 1 N–H and O–H groups in total. The smallest absolute Gasteiger partial charge is 0.197 e. The Morgan fingerprint density at radius 3 is 1.88 bits per heavy atom. The highest BCUT2D eigenvalue weighted by atomic mass is 15.2. The van der Waals surface area contributed by atoms with Gasteiger partial charge in [-0.2, -0.15) is 0 Å². The molecule has 58 heavy (non-hydrogen) atoms. The van der Waals surface area contributed by atoms with E-state index in [1.165, 1.54) is 94.0 Å². The zero-order valence-electron chi connectivity index (χ0n) is 34.4. The lowest BCUT2D eigenvalue weighted by atomic mass is 9.55. The lowest BCUT2D eigenvalue weighted by molar-refractivity contribution is 0.332. The number of benzene rings is 8. The standard InChI is InChI=1S/C55H48BN2/c1-53(2)27-28-54(3,4)44-33-47(57-39-25-23-35(24-26-39)34-15-8-7-9-16-34)41(32-43(44)53)50-40-20-13-12-19-38(40)31-49-51(50)56-46-22-14-21-42-52(46)58(49)48-30-37-18-11-10-17-36(37)29-45(48)55(42,5)6/h7-26,29-33,57H,27-28H2,1-6H3. The Morgan fingerprint density at radius 1 is 0.517 bits per heavy atom. The van der Waals surface area contributed by atoms with Crippen molar-refractivity contribution in [2.75, 3.05) is 10.2 Å². The van der Waals surface area contributed by atoms with E-state index in [1.54, 1.807) is 0 Å². The number of nitrogens with one attached hydrogen (secondary N) is 1. The molecule has 1 radical (unpaired) electrons. The maximum atomic E-state index is 4.02. The lowest BCUT2D eigenvalue weighted by Crippen LogP contribution is -2.45.